The van der Waals surface area contributed by atoms with E-state index in [0.29, 0.717) is 32.2 Å². The zero-order valence-corrected chi connectivity index (χ0v) is 15.0. The molecular weight excluding hydrogens is 333 g/mol. The molecular formula is C17H27F3N4O. The third-order valence-corrected chi connectivity index (χ3v) is 3.26. The van der Waals surface area contributed by atoms with E-state index in [1.54, 1.807) is 0 Å². The van der Waals surface area contributed by atoms with Crippen molar-refractivity contribution in [1.29, 1.82) is 0 Å². The molecule has 0 aliphatic rings. The lowest BCUT2D eigenvalue weighted by molar-refractivity contribution is -0.142. The summed E-state index contributed by atoms with van der Waals surface area (Å²) in [6.07, 6.45) is -4.18. The summed E-state index contributed by atoms with van der Waals surface area (Å²) >= 11 is 0. The topological polar surface area (TPSA) is 48.9 Å². The van der Waals surface area contributed by atoms with Crippen LogP contribution in [0.4, 0.5) is 13.2 Å². The number of aliphatic imine (C=N–C) groups is 1. The third-order valence-electron chi connectivity index (χ3n) is 3.26. The number of halogens is 3. The van der Waals surface area contributed by atoms with Gasteiger partial charge >= 0.3 is 6.18 Å². The Kier molecular flexibility index (Phi) is 9.12. The monoisotopic (exact) mass is 360 g/mol. The molecule has 0 saturated heterocycles. The summed E-state index contributed by atoms with van der Waals surface area (Å²) in [6, 6.07) is 7.65. The van der Waals surface area contributed by atoms with E-state index in [2.05, 4.69) is 15.6 Å². The van der Waals surface area contributed by atoms with Crippen LogP contribution in [-0.2, 0) is 6.54 Å². The lowest BCUT2D eigenvalue weighted by Crippen LogP contribution is -2.42. The lowest BCUT2D eigenvalue weighted by Gasteiger charge is -2.19. The molecule has 0 aromatic heterocycles. The van der Waals surface area contributed by atoms with Crippen LogP contribution in [0.5, 0.6) is 5.75 Å². The first-order chi connectivity index (χ1) is 11.9. The summed E-state index contributed by atoms with van der Waals surface area (Å²) in [5, 5.41) is 6.13. The van der Waals surface area contributed by atoms with Crippen molar-refractivity contribution < 1.29 is 17.9 Å². The Morgan fingerprint density at radius 1 is 1.20 bits per heavy atom. The van der Waals surface area contributed by atoms with Crippen molar-refractivity contribution in [3.63, 3.8) is 0 Å². The van der Waals surface area contributed by atoms with E-state index in [1.165, 1.54) is 11.9 Å². The van der Waals surface area contributed by atoms with Crippen LogP contribution in [0.2, 0.25) is 0 Å². The van der Waals surface area contributed by atoms with Gasteiger partial charge in [-0.25, -0.2) is 4.99 Å². The van der Waals surface area contributed by atoms with Crippen LogP contribution in [0.25, 0.3) is 0 Å². The highest BCUT2D eigenvalue weighted by Gasteiger charge is 2.28. The van der Waals surface area contributed by atoms with Crippen molar-refractivity contribution >= 4 is 5.96 Å². The Balaban J connectivity index is 2.57. The second-order valence-electron chi connectivity index (χ2n) is 5.52. The molecule has 5 nitrogen and oxygen atoms in total. The summed E-state index contributed by atoms with van der Waals surface area (Å²) < 4.78 is 42.5. The second-order valence-corrected chi connectivity index (χ2v) is 5.52. The average molecular weight is 360 g/mol. The molecule has 1 aromatic carbocycles. The number of likely N-dealkylation sites (N-methyl/N-ethyl adjacent to an activating group) is 1. The van der Waals surface area contributed by atoms with Crippen molar-refractivity contribution in [3.05, 3.63) is 29.8 Å². The normalized spacial score (nSPS) is 12.4. The fourth-order valence-corrected chi connectivity index (χ4v) is 2.19. The van der Waals surface area contributed by atoms with Crippen LogP contribution in [0.3, 0.4) is 0 Å². The van der Waals surface area contributed by atoms with E-state index in [1.807, 2.05) is 38.1 Å². The molecule has 0 fully saturated rings. The van der Waals surface area contributed by atoms with E-state index in [4.69, 9.17) is 4.74 Å². The molecule has 1 rings (SSSR count). The smallest absolute Gasteiger partial charge is 0.401 e. The summed E-state index contributed by atoms with van der Waals surface area (Å²) in [5.74, 6) is 1.35. The zero-order valence-electron chi connectivity index (χ0n) is 15.0. The molecule has 2 N–H and O–H groups in total. The first kappa shape index (κ1) is 21.1. The zero-order chi connectivity index (χ0) is 18.7. The molecule has 0 aliphatic carbocycles. The number of nitrogens with zero attached hydrogens (tertiary/aromatic N) is 2. The molecule has 0 aliphatic heterocycles. The van der Waals surface area contributed by atoms with Crippen molar-refractivity contribution in [1.82, 2.24) is 15.5 Å². The number of hydrogen-bond donors (Lipinski definition) is 2. The molecule has 0 bridgehead atoms. The average Bonchev–Trinajstić information content (AvgIpc) is 2.52. The van der Waals surface area contributed by atoms with Gasteiger partial charge in [0.25, 0.3) is 0 Å². The van der Waals surface area contributed by atoms with Crippen molar-refractivity contribution in [2.24, 2.45) is 4.99 Å². The van der Waals surface area contributed by atoms with Gasteiger partial charge in [0.1, 0.15) is 5.75 Å². The fraction of sp³-hybridized carbons (Fsp3) is 0.588. The van der Waals surface area contributed by atoms with Gasteiger partial charge in [0.05, 0.1) is 19.7 Å². The number of ether oxygens (including phenoxy) is 1. The molecule has 0 spiro atoms. The number of para-hydroxylation sites is 1. The van der Waals surface area contributed by atoms with E-state index >= 15 is 0 Å². The van der Waals surface area contributed by atoms with Crippen LogP contribution < -0.4 is 15.4 Å². The minimum atomic E-state index is -4.18. The number of benzene rings is 1. The molecule has 0 unspecified atom stereocenters. The Labute approximate surface area is 147 Å². The third kappa shape index (κ3) is 9.19. The van der Waals surface area contributed by atoms with Gasteiger partial charge in [-0.2, -0.15) is 13.2 Å². The maximum Gasteiger partial charge on any atom is 0.401 e. The summed E-state index contributed by atoms with van der Waals surface area (Å²) in [5.41, 5.74) is 0.954. The van der Waals surface area contributed by atoms with Gasteiger partial charge in [-0.15, -0.1) is 0 Å². The Bertz CT molecular complexity index is 535. The Hall–Kier alpha value is -1.96. The van der Waals surface area contributed by atoms with Gasteiger partial charge < -0.3 is 15.4 Å². The van der Waals surface area contributed by atoms with Crippen molar-refractivity contribution in [2.45, 2.75) is 26.6 Å². The molecule has 0 atom stereocenters. The van der Waals surface area contributed by atoms with Gasteiger partial charge in [-0.1, -0.05) is 18.2 Å². The lowest BCUT2D eigenvalue weighted by atomic mass is 10.2. The van der Waals surface area contributed by atoms with Gasteiger partial charge in [0, 0.05) is 25.2 Å². The minimum absolute atomic E-state index is 0.263. The summed E-state index contributed by atoms with van der Waals surface area (Å²) in [6.45, 7) is 5.21. The number of alkyl halides is 3. The van der Waals surface area contributed by atoms with E-state index < -0.39 is 12.7 Å². The van der Waals surface area contributed by atoms with Crippen LogP contribution >= 0.6 is 0 Å². The highest BCUT2D eigenvalue weighted by atomic mass is 19.4. The predicted molar refractivity (Wildman–Crippen MR) is 94.0 cm³/mol. The first-order valence-corrected chi connectivity index (χ1v) is 8.34. The molecule has 0 radical (unpaired) electrons. The Morgan fingerprint density at radius 2 is 1.92 bits per heavy atom. The molecule has 8 heteroatoms. The van der Waals surface area contributed by atoms with Crippen LogP contribution in [0, 0.1) is 0 Å². The summed E-state index contributed by atoms with van der Waals surface area (Å²) in [4.78, 5) is 5.69. The molecule has 0 heterocycles. The molecule has 142 valence electrons. The number of hydrogen-bond acceptors (Lipinski definition) is 3. The molecule has 25 heavy (non-hydrogen) atoms. The van der Waals surface area contributed by atoms with E-state index in [9.17, 15) is 13.2 Å². The maximum absolute atomic E-state index is 12.3. The van der Waals surface area contributed by atoms with Gasteiger partial charge in [-0.05, 0) is 27.0 Å². The minimum Gasteiger partial charge on any atom is -0.494 e. The van der Waals surface area contributed by atoms with Gasteiger partial charge in [-0.3, -0.25) is 4.90 Å². The highest BCUT2D eigenvalue weighted by molar-refractivity contribution is 5.79. The van der Waals surface area contributed by atoms with Crippen LogP contribution in [-0.4, -0.2) is 56.9 Å². The van der Waals surface area contributed by atoms with Crippen molar-refractivity contribution in [3.8, 4) is 5.75 Å². The van der Waals surface area contributed by atoms with Gasteiger partial charge in [0.2, 0.25) is 0 Å². The van der Waals surface area contributed by atoms with E-state index in [-0.39, 0.29) is 6.54 Å². The summed E-state index contributed by atoms with van der Waals surface area (Å²) in [7, 11) is 1.44. The fourth-order valence-electron chi connectivity index (χ4n) is 2.19. The number of guanidine groups is 1. The van der Waals surface area contributed by atoms with Crippen LogP contribution in [0.1, 0.15) is 19.4 Å². The van der Waals surface area contributed by atoms with Crippen molar-refractivity contribution in [2.75, 3.05) is 39.8 Å². The molecule has 0 amide bonds. The first-order valence-electron chi connectivity index (χ1n) is 8.34. The number of nitrogens with one attached hydrogen (secondary N) is 2. The standard InChI is InChI=1S/C17H27F3N4O/c1-4-21-16(22-10-11-24(3)13-17(18,19)20)23-12-14-8-6-7-9-15(14)25-5-2/h6-9H,4-5,10-13H2,1-3H3,(H2,21,22,23). The Morgan fingerprint density at radius 3 is 2.56 bits per heavy atom. The molecule has 1 aromatic rings. The number of rotatable bonds is 9. The predicted octanol–water partition coefficient (Wildman–Crippen LogP) is 2.63. The van der Waals surface area contributed by atoms with Gasteiger partial charge in [0.15, 0.2) is 5.96 Å². The quantitative estimate of drug-likeness (QED) is 0.525. The SMILES string of the molecule is CCNC(=NCc1ccccc1OCC)NCCN(C)CC(F)(F)F. The maximum atomic E-state index is 12.3. The highest BCUT2D eigenvalue weighted by Crippen LogP contribution is 2.18. The van der Waals surface area contributed by atoms with Crippen LogP contribution in [0.15, 0.2) is 29.3 Å². The largest absolute Gasteiger partial charge is 0.494 e. The van der Waals surface area contributed by atoms with E-state index in [0.717, 1.165) is 11.3 Å². The second kappa shape index (κ2) is 10.8. The molecule has 0 saturated carbocycles.